The van der Waals surface area contributed by atoms with Gasteiger partial charge in [0.2, 0.25) is 0 Å². The quantitative estimate of drug-likeness (QED) is 0.703. The molecule has 5 rings (SSSR count). The molecule has 1 saturated carbocycles. The van der Waals surface area contributed by atoms with Crippen molar-refractivity contribution in [2.45, 2.75) is 38.6 Å². The predicted molar refractivity (Wildman–Crippen MR) is 104 cm³/mol. The number of fused-ring (bicyclic) bond motifs is 2. The van der Waals surface area contributed by atoms with Crippen LogP contribution in [-0.4, -0.2) is 28.4 Å². The van der Waals surface area contributed by atoms with Gasteiger partial charge in [-0.05, 0) is 42.9 Å². The maximum Gasteiger partial charge on any atom is 0.322 e. The van der Waals surface area contributed by atoms with E-state index in [-0.39, 0.29) is 29.8 Å². The van der Waals surface area contributed by atoms with Crippen LogP contribution >= 0.6 is 0 Å². The van der Waals surface area contributed by atoms with E-state index in [1.165, 1.54) is 6.07 Å². The molecule has 0 aromatic heterocycles. The van der Waals surface area contributed by atoms with Crippen molar-refractivity contribution in [2.24, 2.45) is 17.3 Å². The number of phenolic OH excluding ortho intramolecular Hbond substituents is 1. The lowest BCUT2D eigenvalue weighted by Gasteiger charge is -2.36. The van der Waals surface area contributed by atoms with Crippen molar-refractivity contribution in [1.29, 1.82) is 0 Å². The number of rotatable bonds is 3. The predicted octanol–water partition coefficient (Wildman–Crippen LogP) is 2.87. The zero-order valence-corrected chi connectivity index (χ0v) is 16.0. The summed E-state index contributed by atoms with van der Waals surface area (Å²) in [5.74, 6) is -0.573. The summed E-state index contributed by atoms with van der Waals surface area (Å²) in [6, 6.07) is 4.31. The van der Waals surface area contributed by atoms with Crippen molar-refractivity contribution in [3.63, 3.8) is 0 Å². The molecule has 1 aliphatic heterocycles. The Morgan fingerprint density at radius 1 is 1.18 bits per heavy atom. The molecule has 6 heteroatoms. The number of Topliss-reactive ketones (excluding diaryl/α,β-unsaturated/α-hetero) is 1. The van der Waals surface area contributed by atoms with E-state index < -0.39 is 22.9 Å². The van der Waals surface area contributed by atoms with Crippen LogP contribution < -0.4 is 10.6 Å². The van der Waals surface area contributed by atoms with Crippen molar-refractivity contribution < 1.29 is 19.5 Å². The first kappa shape index (κ1) is 18.5. The van der Waals surface area contributed by atoms with Crippen LogP contribution in [0.5, 0.6) is 5.75 Å². The molecule has 0 bridgehead atoms. The minimum absolute atomic E-state index is 0.0561. The summed E-state index contributed by atoms with van der Waals surface area (Å²) < 4.78 is 0. The van der Waals surface area contributed by atoms with E-state index in [9.17, 15) is 19.5 Å². The lowest BCUT2D eigenvalue weighted by molar-refractivity contribution is -0.126. The minimum atomic E-state index is -1.11. The normalized spacial score (nSPS) is 34.1. The van der Waals surface area contributed by atoms with Gasteiger partial charge in [0.25, 0.3) is 5.91 Å². The number of urea groups is 1. The Morgan fingerprint density at radius 2 is 1.96 bits per heavy atom. The molecule has 1 heterocycles. The first-order valence-corrected chi connectivity index (χ1v) is 9.81. The van der Waals surface area contributed by atoms with Crippen LogP contribution in [0.25, 0.3) is 0 Å². The van der Waals surface area contributed by atoms with Crippen LogP contribution in [0, 0.1) is 17.3 Å². The molecule has 4 aliphatic rings. The molecule has 1 saturated heterocycles. The van der Waals surface area contributed by atoms with E-state index in [1.54, 1.807) is 12.1 Å². The van der Waals surface area contributed by atoms with Crippen LogP contribution in [0.1, 0.15) is 42.6 Å². The number of benzene rings is 1. The Labute approximate surface area is 163 Å². The fourth-order valence-corrected chi connectivity index (χ4v) is 5.03. The molecule has 3 N–H and O–H groups in total. The van der Waals surface area contributed by atoms with E-state index in [1.807, 2.05) is 32.1 Å². The van der Waals surface area contributed by atoms with Gasteiger partial charge in [-0.1, -0.05) is 44.2 Å². The third-order valence-corrected chi connectivity index (χ3v) is 6.39. The zero-order valence-electron chi connectivity index (χ0n) is 16.0. The average Bonchev–Trinajstić information content (AvgIpc) is 3.29. The van der Waals surface area contributed by atoms with Crippen molar-refractivity contribution in [1.82, 2.24) is 10.6 Å². The van der Waals surface area contributed by atoms with Crippen LogP contribution in [0.3, 0.4) is 0 Å². The summed E-state index contributed by atoms with van der Waals surface area (Å²) in [6.45, 7) is 4.00. The monoisotopic (exact) mass is 380 g/mol. The lowest BCUT2D eigenvalue weighted by atomic mass is 9.71. The van der Waals surface area contributed by atoms with Gasteiger partial charge in [0.15, 0.2) is 5.78 Å². The van der Waals surface area contributed by atoms with Crippen LogP contribution in [-0.2, 0) is 11.2 Å². The summed E-state index contributed by atoms with van der Waals surface area (Å²) in [5.41, 5.74) is -0.185. The first-order valence-electron chi connectivity index (χ1n) is 9.81. The third-order valence-electron chi connectivity index (χ3n) is 6.39. The van der Waals surface area contributed by atoms with Crippen molar-refractivity contribution in [3.8, 4) is 5.75 Å². The van der Waals surface area contributed by atoms with E-state index in [2.05, 4.69) is 16.7 Å². The van der Waals surface area contributed by atoms with Crippen LogP contribution in [0.4, 0.5) is 4.79 Å². The number of phenols is 1. The summed E-state index contributed by atoms with van der Waals surface area (Å²) in [6.07, 6.45) is 9.48. The number of imide groups is 1. The number of hydrogen-bond acceptors (Lipinski definition) is 4. The summed E-state index contributed by atoms with van der Waals surface area (Å²) in [5, 5.41) is 14.9. The number of aromatic hydroxyl groups is 1. The second-order valence-electron chi connectivity index (χ2n) is 7.72. The maximum absolute atomic E-state index is 12.9. The molecule has 1 aromatic carbocycles. The highest BCUT2D eigenvalue weighted by atomic mass is 16.3. The summed E-state index contributed by atoms with van der Waals surface area (Å²) in [4.78, 5) is 37.7. The first-order chi connectivity index (χ1) is 13.4. The standard InChI is InChI=1S/C20H18N2O4.C2H6/c23-14-5-4-11-7-12(16(24)15(11)8-14)9-20(17(25)21-18(26)22-20)19-6-2-1-3-13(19)10-19;1-2/h1-6,8,12-13,23H,7,9-10H2,(H2,21,22,25,26);1-2H3. The highest BCUT2D eigenvalue weighted by Crippen LogP contribution is 2.65. The van der Waals surface area contributed by atoms with E-state index in [4.69, 9.17) is 0 Å². The SMILES string of the molecule is CC.O=C1NC(=O)C(CC2Cc3ccc(O)cc3C2=O)(C23C=CC=CC2C3)N1. The lowest BCUT2D eigenvalue weighted by Crippen LogP contribution is -2.56. The largest absolute Gasteiger partial charge is 0.508 e. The van der Waals surface area contributed by atoms with Gasteiger partial charge < -0.3 is 10.4 Å². The fraction of sp³-hybridized carbons (Fsp3) is 0.409. The van der Waals surface area contributed by atoms with Crippen LogP contribution in [0.2, 0.25) is 0 Å². The van der Waals surface area contributed by atoms with E-state index in [0.717, 1.165) is 12.0 Å². The maximum atomic E-state index is 12.9. The second kappa shape index (κ2) is 6.33. The summed E-state index contributed by atoms with van der Waals surface area (Å²) >= 11 is 0. The molecule has 6 nitrogen and oxygen atoms in total. The summed E-state index contributed by atoms with van der Waals surface area (Å²) in [7, 11) is 0. The molecule has 3 aliphatic carbocycles. The smallest absolute Gasteiger partial charge is 0.322 e. The average molecular weight is 380 g/mol. The van der Waals surface area contributed by atoms with Gasteiger partial charge in [-0.3, -0.25) is 14.9 Å². The number of hydrogen-bond donors (Lipinski definition) is 3. The number of allylic oxidation sites excluding steroid dienone is 3. The van der Waals surface area contributed by atoms with Gasteiger partial charge in [0.05, 0.1) is 0 Å². The Kier molecular flexibility index (Phi) is 4.17. The number of ketones is 1. The van der Waals surface area contributed by atoms with Crippen molar-refractivity contribution in [2.75, 3.05) is 0 Å². The highest BCUT2D eigenvalue weighted by molar-refractivity contribution is 6.09. The van der Waals surface area contributed by atoms with Gasteiger partial charge >= 0.3 is 6.03 Å². The number of carbonyl (C=O) groups excluding carboxylic acids is 3. The third kappa shape index (κ3) is 2.44. The molecule has 28 heavy (non-hydrogen) atoms. The highest BCUT2D eigenvalue weighted by Gasteiger charge is 2.71. The molecule has 0 spiro atoms. The zero-order chi connectivity index (χ0) is 20.1. The van der Waals surface area contributed by atoms with Crippen LogP contribution in [0.15, 0.2) is 42.5 Å². The molecule has 1 aromatic rings. The van der Waals surface area contributed by atoms with Gasteiger partial charge in [0.1, 0.15) is 11.3 Å². The Morgan fingerprint density at radius 3 is 2.64 bits per heavy atom. The molecule has 4 atom stereocenters. The van der Waals surface area contributed by atoms with E-state index >= 15 is 0 Å². The minimum Gasteiger partial charge on any atom is -0.508 e. The van der Waals surface area contributed by atoms with Crippen molar-refractivity contribution >= 4 is 17.7 Å². The molecular weight excluding hydrogens is 356 g/mol. The molecule has 4 unspecified atom stereocenters. The number of amides is 3. The van der Waals surface area contributed by atoms with Crippen molar-refractivity contribution in [3.05, 3.63) is 53.6 Å². The van der Waals surface area contributed by atoms with Gasteiger partial charge in [-0.2, -0.15) is 0 Å². The molecular formula is C22H24N2O4. The number of nitrogens with one attached hydrogen (secondary N) is 2. The second-order valence-corrected chi connectivity index (χ2v) is 7.72. The topological polar surface area (TPSA) is 95.5 Å². The molecule has 2 fully saturated rings. The van der Waals surface area contributed by atoms with Gasteiger partial charge in [0, 0.05) is 16.9 Å². The molecule has 0 radical (unpaired) electrons. The Balaban J connectivity index is 0.000000932. The van der Waals surface area contributed by atoms with Gasteiger partial charge in [-0.15, -0.1) is 0 Å². The Hall–Kier alpha value is -2.89. The van der Waals surface area contributed by atoms with E-state index in [0.29, 0.717) is 12.0 Å². The molecule has 146 valence electrons. The Bertz CT molecular complexity index is 934. The fourth-order valence-electron chi connectivity index (χ4n) is 5.03. The van der Waals surface area contributed by atoms with Gasteiger partial charge in [-0.25, -0.2) is 4.79 Å². The molecule has 3 amide bonds. The number of carbonyl (C=O) groups is 3.